The number of nitrogens with one attached hydrogen (secondary N) is 1. The average Bonchev–Trinajstić information content (AvgIpc) is 3.06. The molecule has 4 rings (SSSR count). The molecule has 1 amide bonds. The second-order valence-electron chi connectivity index (χ2n) is 6.29. The summed E-state index contributed by atoms with van der Waals surface area (Å²) in [7, 11) is 0. The SMILES string of the molecule is O=C(CN1CCN(c2nc3ccccc3o2)CC1)Nc1cccc(F)c1. The van der Waals surface area contributed by atoms with Crippen molar-refractivity contribution in [2.75, 3.05) is 42.9 Å². The van der Waals surface area contributed by atoms with Gasteiger partial charge in [-0.05, 0) is 30.3 Å². The van der Waals surface area contributed by atoms with Gasteiger partial charge in [-0.3, -0.25) is 9.69 Å². The number of hydrogen-bond donors (Lipinski definition) is 1. The van der Waals surface area contributed by atoms with Gasteiger partial charge < -0.3 is 14.6 Å². The van der Waals surface area contributed by atoms with Crippen LogP contribution in [0.4, 0.5) is 16.1 Å². The largest absolute Gasteiger partial charge is 0.423 e. The second kappa shape index (κ2) is 7.13. The van der Waals surface area contributed by atoms with E-state index in [0.717, 1.165) is 37.3 Å². The van der Waals surface area contributed by atoms with E-state index in [4.69, 9.17) is 4.42 Å². The van der Waals surface area contributed by atoms with Crippen LogP contribution in [0.1, 0.15) is 0 Å². The lowest BCUT2D eigenvalue weighted by molar-refractivity contribution is -0.117. The molecule has 1 saturated heterocycles. The Bertz CT molecular complexity index is 886. The highest BCUT2D eigenvalue weighted by molar-refractivity contribution is 5.92. The quantitative estimate of drug-likeness (QED) is 0.781. The maximum absolute atomic E-state index is 13.2. The van der Waals surface area contributed by atoms with Crippen molar-refractivity contribution >= 4 is 28.7 Å². The van der Waals surface area contributed by atoms with E-state index in [9.17, 15) is 9.18 Å². The molecule has 1 aromatic heterocycles. The number of carbonyl (C=O) groups is 1. The summed E-state index contributed by atoms with van der Waals surface area (Å²) in [5, 5.41) is 2.73. The molecule has 0 spiro atoms. The average molecular weight is 354 g/mol. The molecule has 26 heavy (non-hydrogen) atoms. The molecule has 3 aromatic rings. The Morgan fingerprint density at radius 3 is 2.69 bits per heavy atom. The monoisotopic (exact) mass is 354 g/mol. The van der Waals surface area contributed by atoms with Gasteiger partial charge in [0.15, 0.2) is 5.58 Å². The summed E-state index contributed by atoms with van der Waals surface area (Å²) in [6.45, 7) is 3.21. The predicted octanol–water partition coefficient (Wildman–Crippen LogP) is 2.73. The Labute approximate surface area is 150 Å². The maximum atomic E-state index is 13.2. The molecule has 2 aromatic carbocycles. The summed E-state index contributed by atoms with van der Waals surface area (Å²) in [5.41, 5.74) is 2.10. The molecule has 1 aliphatic heterocycles. The van der Waals surface area contributed by atoms with E-state index >= 15 is 0 Å². The topological polar surface area (TPSA) is 61.6 Å². The van der Waals surface area contributed by atoms with E-state index in [-0.39, 0.29) is 18.3 Å². The number of halogens is 1. The lowest BCUT2D eigenvalue weighted by Gasteiger charge is -2.33. The molecular weight excluding hydrogens is 335 g/mol. The Balaban J connectivity index is 1.31. The Morgan fingerprint density at radius 2 is 1.92 bits per heavy atom. The van der Waals surface area contributed by atoms with Crippen LogP contribution < -0.4 is 10.2 Å². The number of hydrogen-bond acceptors (Lipinski definition) is 5. The molecular formula is C19H19FN4O2. The van der Waals surface area contributed by atoms with Crippen molar-refractivity contribution in [2.24, 2.45) is 0 Å². The fraction of sp³-hybridized carbons (Fsp3) is 0.263. The normalized spacial score (nSPS) is 15.3. The third-order valence-corrected chi connectivity index (χ3v) is 4.40. The first kappa shape index (κ1) is 16.5. The Hall–Kier alpha value is -2.93. The maximum Gasteiger partial charge on any atom is 0.298 e. The number of oxazole rings is 1. The fourth-order valence-corrected chi connectivity index (χ4v) is 3.06. The Kier molecular flexibility index (Phi) is 4.53. The van der Waals surface area contributed by atoms with E-state index in [1.54, 1.807) is 12.1 Å². The first-order chi connectivity index (χ1) is 12.7. The third-order valence-electron chi connectivity index (χ3n) is 4.40. The van der Waals surface area contributed by atoms with Crippen LogP contribution >= 0.6 is 0 Å². The number of para-hydroxylation sites is 2. The van der Waals surface area contributed by atoms with Gasteiger partial charge in [-0.25, -0.2) is 4.39 Å². The molecule has 134 valence electrons. The smallest absolute Gasteiger partial charge is 0.298 e. The number of amides is 1. The van der Waals surface area contributed by atoms with Crippen molar-refractivity contribution in [1.29, 1.82) is 0 Å². The van der Waals surface area contributed by atoms with Gasteiger partial charge in [0.05, 0.1) is 6.54 Å². The molecule has 2 heterocycles. The highest BCUT2D eigenvalue weighted by Gasteiger charge is 2.22. The number of piperazine rings is 1. The Morgan fingerprint density at radius 1 is 1.12 bits per heavy atom. The van der Waals surface area contributed by atoms with Crippen LogP contribution in [0.5, 0.6) is 0 Å². The number of rotatable bonds is 4. The summed E-state index contributed by atoms with van der Waals surface area (Å²) < 4.78 is 19.0. The number of carbonyl (C=O) groups excluding carboxylic acids is 1. The highest BCUT2D eigenvalue weighted by atomic mass is 19.1. The van der Waals surface area contributed by atoms with Crippen LogP contribution in [0, 0.1) is 5.82 Å². The van der Waals surface area contributed by atoms with Crippen molar-refractivity contribution in [3.63, 3.8) is 0 Å². The fourth-order valence-electron chi connectivity index (χ4n) is 3.06. The summed E-state index contributed by atoms with van der Waals surface area (Å²) in [6.07, 6.45) is 0. The molecule has 0 radical (unpaired) electrons. The van der Waals surface area contributed by atoms with Gasteiger partial charge in [0.1, 0.15) is 11.3 Å². The van der Waals surface area contributed by atoms with Gasteiger partial charge in [-0.15, -0.1) is 0 Å². The molecule has 6 nitrogen and oxygen atoms in total. The number of aromatic nitrogens is 1. The van der Waals surface area contributed by atoms with E-state index < -0.39 is 0 Å². The van der Waals surface area contributed by atoms with E-state index in [2.05, 4.69) is 20.1 Å². The van der Waals surface area contributed by atoms with Crippen molar-refractivity contribution in [2.45, 2.75) is 0 Å². The van der Waals surface area contributed by atoms with Crippen molar-refractivity contribution in [3.05, 3.63) is 54.3 Å². The van der Waals surface area contributed by atoms with Crippen LogP contribution in [0.3, 0.4) is 0 Å². The van der Waals surface area contributed by atoms with Crippen molar-refractivity contribution in [1.82, 2.24) is 9.88 Å². The number of nitrogens with zero attached hydrogens (tertiary/aromatic N) is 3. The summed E-state index contributed by atoms with van der Waals surface area (Å²) >= 11 is 0. The van der Waals surface area contributed by atoms with Gasteiger partial charge in [-0.2, -0.15) is 4.98 Å². The number of anilines is 2. The first-order valence-electron chi connectivity index (χ1n) is 8.56. The van der Waals surface area contributed by atoms with Crippen molar-refractivity contribution in [3.8, 4) is 0 Å². The summed E-state index contributed by atoms with van der Waals surface area (Å²) in [6, 6.07) is 14.2. The second-order valence-corrected chi connectivity index (χ2v) is 6.29. The summed E-state index contributed by atoms with van der Waals surface area (Å²) in [4.78, 5) is 20.8. The zero-order chi connectivity index (χ0) is 17.9. The lowest BCUT2D eigenvalue weighted by Crippen LogP contribution is -2.48. The van der Waals surface area contributed by atoms with Crippen LogP contribution in [0.15, 0.2) is 52.9 Å². The molecule has 1 fully saturated rings. The van der Waals surface area contributed by atoms with Crippen molar-refractivity contribution < 1.29 is 13.6 Å². The number of benzene rings is 2. The highest BCUT2D eigenvalue weighted by Crippen LogP contribution is 2.22. The van der Waals surface area contributed by atoms with Crippen LogP contribution in [0.25, 0.3) is 11.1 Å². The van der Waals surface area contributed by atoms with Gasteiger partial charge in [-0.1, -0.05) is 18.2 Å². The lowest BCUT2D eigenvalue weighted by atomic mass is 10.3. The minimum absolute atomic E-state index is 0.147. The summed E-state index contributed by atoms with van der Waals surface area (Å²) in [5.74, 6) is -0.513. The molecule has 0 saturated carbocycles. The molecule has 1 N–H and O–H groups in total. The van der Waals surface area contributed by atoms with Crippen LogP contribution in [-0.4, -0.2) is 48.5 Å². The number of fused-ring (bicyclic) bond motifs is 1. The van der Waals surface area contributed by atoms with Crippen LogP contribution in [-0.2, 0) is 4.79 Å². The zero-order valence-corrected chi connectivity index (χ0v) is 14.2. The zero-order valence-electron chi connectivity index (χ0n) is 14.2. The molecule has 0 unspecified atom stereocenters. The van der Waals surface area contributed by atoms with Gasteiger partial charge in [0.2, 0.25) is 5.91 Å². The van der Waals surface area contributed by atoms with Gasteiger partial charge >= 0.3 is 0 Å². The van der Waals surface area contributed by atoms with E-state index in [1.807, 2.05) is 24.3 Å². The molecule has 1 aliphatic rings. The minimum atomic E-state index is -0.366. The third kappa shape index (κ3) is 3.67. The van der Waals surface area contributed by atoms with E-state index in [0.29, 0.717) is 11.7 Å². The predicted molar refractivity (Wildman–Crippen MR) is 97.7 cm³/mol. The standard InChI is InChI=1S/C19H19FN4O2/c20-14-4-3-5-15(12-14)21-18(25)13-23-8-10-24(11-9-23)19-22-16-6-1-2-7-17(16)26-19/h1-7,12H,8-11,13H2,(H,21,25). The molecule has 0 bridgehead atoms. The minimum Gasteiger partial charge on any atom is -0.423 e. The van der Waals surface area contributed by atoms with E-state index in [1.165, 1.54) is 12.1 Å². The van der Waals surface area contributed by atoms with Gasteiger partial charge in [0.25, 0.3) is 6.01 Å². The first-order valence-corrected chi connectivity index (χ1v) is 8.56. The van der Waals surface area contributed by atoms with Gasteiger partial charge in [0, 0.05) is 31.9 Å². The molecule has 0 aliphatic carbocycles. The molecule has 0 atom stereocenters. The molecule has 7 heteroatoms. The van der Waals surface area contributed by atoms with Crippen LogP contribution in [0.2, 0.25) is 0 Å².